The van der Waals surface area contributed by atoms with Crippen LogP contribution in [0.1, 0.15) is 54.4 Å². The van der Waals surface area contributed by atoms with Crippen molar-refractivity contribution in [3.63, 3.8) is 0 Å². The first-order valence-corrected chi connectivity index (χ1v) is 10.2. The van der Waals surface area contributed by atoms with E-state index in [9.17, 15) is 4.79 Å². The highest BCUT2D eigenvalue weighted by atomic mass is 32.2. The number of fused-ring (bicyclic) bond motifs is 2. The summed E-state index contributed by atoms with van der Waals surface area (Å²) in [4.78, 5) is 13.5. The number of carbonyl (C=O) groups excluding carboxylic acids is 1. The van der Waals surface area contributed by atoms with Crippen LogP contribution in [-0.2, 0) is 6.42 Å². The van der Waals surface area contributed by atoms with Gasteiger partial charge < -0.3 is 0 Å². The van der Waals surface area contributed by atoms with Crippen molar-refractivity contribution < 1.29 is 4.79 Å². The van der Waals surface area contributed by atoms with Gasteiger partial charge in [-0.2, -0.15) is 0 Å². The number of benzene rings is 1. The molecular weight excluding hydrogens is 296 g/mol. The number of ketones is 1. The minimum Gasteiger partial charge on any atom is -0.292 e. The van der Waals surface area contributed by atoms with Gasteiger partial charge in [-0.25, -0.2) is 0 Å². The lowest BCUT2D eigenvalue weighted by atomic mass is 9.77. The number of hydrogen-bond donors (Lipinski definition) is 0. The van der Waals surface area contributed by atoms with Crippen LogP contribution in [0.25, 0.3) is 0 Å². The summed E-state index contributed by atoms with van der Waals surface area (Å²) in [6.07, 6.45) is 8.68. The van der Waals surface area contributed by atoms with Gasteiger partial charge in [-0.15, -0.1) is 23.5 Å². The second-order valence-corrected chi connectivity index (χ2v) is 9.52. The van der Waals surface area contributed by atoms with Gasteiger partial charge in [0.15, 0.2) is 5.78 Å². The molecule has 1 saturated heterocycles. The van der Waals surface area contributed by atoms with Gasteiger partial charge in [0.2, 0.25) is 0 Å². The fourth-order valence-corrected chi connectivity index (χ4v) is 8.39. The zero-order valence-corrected chi connectivity index (χ0v) is 14.0. The number of hydrogen-bond acceptors (Lipinski definition) is 3. The topological polar surface area (TPSA) is 17.1 Å². The van der Waals surface area contributed by atoms with Gasteiger partial charge in [0.1, 0.15) is 4.08 Å². The summed E-state index contributed by atoms with van der Waals surface area (Å²) < 4.78 is -0.186. The monoisotopic (exact) mass is 318 g/mol. The minimum absolute atomic E-state index is 0.186. The third-order valence-electron chi connectivity index (χ3n) is 5.59. The SMILES string of the molecule is O=C1c2ccccc2CCC2(CCCC2)C12SCCCS2. The molecule has 0 aromatic heterocycles. The van der Waals surface area contributed by atoms with E-state index in [4.69, 9.17) is 0 Å². The molecule has 3 heteroatoms. The van der Waals surface area contributed by atoms with E-state index >= 15 is 0 Å². The van der Waals surface area contributed by atoms with Gasteiger partial charge >= 0.3 is 0 Å². The first-order valence-electron chi connectivity index (χ1n) is 8.18. The molecule has 112 valence electrons. The molecule has 1 saturated carbocycles. The van der Waals surface area contributed by atoms with E-state index in [2.05, 4.69) is 18.2 Å². The summed E-state index contributed by atoms with van der Waals surface area (Å²) in [6, 6.07) is 8.37. The molecule has 0 bridgehead atoms. The van der Waals surface area contributed by atoms with Crippen LogP contribution in [0.15, 0.2) is 24.3 Å². The lowest BCUT2D eigenvalue weighted by Gasteiger charge is -2.48. The molecule has 1 heterocycles. The Labute approximate surface area is 135 Å². The first kappa shape index (κ1) is 14.2. The van der Waals surface area contributed by atoms with Gasteiger partial charge in [-0.3, -0.25) is 4.79 Å². The lowest BCUT2D eigenvalue weighted by Crippen LogP contribution is -2.49. The Morgan fingerprint density at radius 2 is 1.62 bits per heavy atom. The smallest absolute Gasteiger partial charge is 0.189 e. The summed E-state index contributed by atoms with van der Waals surface area (Å²) >= 11 is 3.96. The van der Waals surface area contributed by atoms with Crippen LogP contribution >= 0.6 is 23.5 Å². The molecule has 1 aromatic carbocycles. The third kappa shape index (κ3) is 2.03. The van der Waals surface area contributed by atoms with Crippen LogP contribution < -0.4 is 0 Å². The molecule has 1 nitrogen and oxygen atoms in total. The van der Waals surface area contributed by atoms with Crippen molar-refractivity contribution in [3.8, 4) is 0 Å². The summed E-state index contributed by atoms with van der Waals surface area (Å²) in [5.41, 5.74) is 2.55. The predicted octanol–water partition coefficient (Wildman–Crippen LogP) is 4.94. The van der Waals surface area contributed by atoms with E-state index in [1.807, 2.05) is 29.6 Å². The van der Waals surface area contributed by atoms with E-state index in [-0.39, 0.29) is 9.49 Å². The van der Waals surface area contributed by atoms with Crippen molar-refractivity contribution in [1.29, 1.82) is 0 Å². The van der Waals surface area contributed by atoms with Crippen molar-refractivity contribution in [3.05, 3.63) is 35.4 Å². The molecule has 2 aliphatic carbocycles. The maximum absolute atomic E-state index is 13.5. The number of carbonyl (C=O) groups is 1. The molecule has 2 spiro atoms. The highest BCUT2D eigenvalue weighted by Crippen LogP contribution is 2.64. The van der Waals surface area contributed by atoms with E-state index in [0.717, 1.165) is 23.5 Å². The van der Waals surface area contributed by atoms with Gasteiger partial charge in [0, 0.05) is 11.0 Å². The van der Waals surface area contributed by atoms with Crippen LogP contribution in [-0.4, -0.2) is 21.4 Å². The molecule has 0 unspecified atom stereocenters. The molecule has 1 aliphatic heterocycles. The zero-order chi connectivity index (χ0) is 14.3. The summed E-state index contributed by atoms with van der Waals surface area (Å²) in [6.45, 7) is 0. The Balaban J connectivity index is 1.86. The van der Waals surface area contributed by atoms with Gasteiger partial charge in [-0.05, 0) is 49.2 Å². The molecule has 0 atom stereocenters. The Morgan fingerprint density at radius 3 is 2.38 bits per heavy atom. The number of aryl methyl sites for hydroxylation is 1. The average molecular weight is 319 g/mol. The maximum atomic E-state index is 13.5. The average Bonchev–Trinajstić information content (AvgIpc) is 3.00. The van der Waals surface area contributed by atoms with Gasteiger partial charge in [0.05, 0.1) is 0 Å². The largest absolute Gasteiger partial charge is 0.292 e. The van der Waals surface area contributed by atoms with E-state index in [1.54, 1.807) is 0 Å². The second-order valence-electron chi connectivity index (χ2n) is 6.64. The minimum atomic E-state index is -0.186. The molecule has 0 N–H and O–H groups in total. The highest BCUT2D eigenvalue weighted by molar-refractivity contribution is 8.20. The standard InChI is InChI=1S/C18H22OS2/c19-16-15-7-2-1-6-14(15)8-11-17(9-3-4-10-17)18(16)20-12-5-13-21-18/h1-2,6-7H,3-5,8-13H2. The quantitative estimate of drug-likeness (QED) is 0.674. The van der Waals surface area contributed by atoms with Crippen molar-refractivity contribution in [1.82, 2.24) is 0 Å². The molecule has 4 rings (SSSR count). The van der Waals surface area contributed by atoms with Gasteiger partial charge in [-0.1, -0.05) is 37.1 Å². The maximum Gasteiger partial charge on any atom is 0.189 e. The fraction of sp³-hybridized carbons (Fsp3) is 0.611. The van der Waals surface area contributed by atoms with Crippen molar-refractivity contribution in [2.45, 2.75) is 49.0 Å². The van der Waals surface area contributed by atoms with Crippen molar-refractivity contribution >= 4 is 29.3 Å². The first-order chi connectivity index (χ1) is 10.3. The Morgan fingerprint density at radius 1 is 0.905 bits per heavy atom. The number of rotatable bonds is 0. The summed E-state index contributed by atoms with van der Waals surface area (Å²) in [7, 11) is 0. The molecule has 2 fully saturated rings. The van der Waals surface area contributed by atoms with Crippen molar-refractivity contribution in [2.75, 3.05) is 11.5 Å². The summed E-state index contributed by atoms with van der Waals surface area (Å²) in [5.74, 6) is 2.75. The number of thioether (sulfide) groups is 2. The van der Waals surface area contributed by atoms with Crippen LogP contribution in [0.4, 0.5) is 0 Å². The fourth-order valence-electron chi connectivity index (χ4n) is 4.52. The molecular formula is C18H22OS2. The number of Topliss-reactive ketones (excluding diaryl/α,β-unsaturated/α-hetero) is 1. The molecule has 3 aliphatic rings. The Hall–Kier alpha value is -0.410. The molecule has 0 radical (unpaired) electrons. The van der Waals surface area contributed by atoms with E-state index in [0.29, 0.717) is 5.78 Å². The van der Waals surface area contributed by atoms with E-state index < -0.39 is 0 Å². The van der Waals surface area contributed by atoms with Crippen LogP contribution in [0.2, 0.25) is 0 Å². The van der Waals surface area contributed by atoms with Crippen LogP contribution in [0.3, 0.4) is 0 Å². The molecule has 1 aromatic rings. The molecule has 0 amide bonds. The highest BCUT2D eigenvalue weighted by Gasteiger charge is 2.59. The van der Waals surface area contributed by atoms with E-state index in [1.165, 1.54) is 44.1 Å². The lowest BCUT2D eigenvalue weighted by molar-refractivity contribution is 0.0902. The normalized spacial score (nSPS) is 26.8. The van der Waals surface area contributed by atoms with Crippen LogP contribution in [0.5, 0.6) is 0 Å². The second kappa shape index (κ2) is 5.34. The molecule has 21 heavy (non-hydrogen) atoms. The Bertz CT molecular complexity index is 554. The zero-order valence-electron chi connectivity index (χ0n) is 12.4. The third-order valence-corrected chi connectivity index (χ3v) is 9.33. The van der Waals surface area contributed by atoms with Gasteiger partial charge in [0.25, 0.3) is 0 Å². The Kier molecular flexibility index (Phi) is 3.61. The predicted molar refractivity (Wildman–Crippen MR) is 92.3 cm³/mol. The van der Waals surface area contributed by atoms with Crippen LogP contribution in [0, 0.1) is 5.41 Å². The summed E-state index contributed by atoms with van der Waals surface area (Å²) in [5, 5.41) is 0. The van der Waals surface area contributed by atoms with Crippen molar-refractivity contribution in [2.24, 2.45) is 5.41 Å².